The van der Waals surface area contributed by atoms with E-state index in [0.29, 0.717) is 29.7 Å². The first-order valence-electron chi connectivity index (χ1n) is 10.9. The summed E-state index contributed by atoms with van der Waals surface area (Å²) in [6.07, 6.45) is 2.09. The highest BCUT2D eigenvalue weighted by molar-refractivity contribution is 6.34. The highest BCUT2D eigenvalue weighted by atomic mass is 35.5. The van der Waals surface area contributed by atoms with Crippen molar-refractivity contribution in [3.05, 3.63) is 69.7 Å². The van der Waals surface area contributed by atoms with Gasteiger partial charge >= 0.3 is 0 Å². The zero-order chi connectivity index (χ0) is 22.1. The number of halogens is 2. The summed E-state index contributed by atoms with van der Waals surface area (Å²) in [5.41, 5.74) is 2.52. The van der Waals surface area contributed by atoms with Gasteiger partial charge in [-0.15, -0.1) is 0 Å². The van der Waals surface area contributed by atoms with Gasteiger partial charge in [0.15, 0.2) is 5.79 Å². The number of piperidine rings is 1. The molecule has 3 heterocycles. The quantitative estimate of drug-likeness (QED) is 0.655. The topological polar surface area (TPSA) is 54.4 Å². The number of benzene rings is 2. The maximum atomic E-state index is 13.4. The molecule has 1 spiro atoms. The molecule has 3 aliphatic heterocycles. The molecule has 0 unspecified atom stereocenters. The Hall–Kier alpha value is -1.96. The second-order valence-electron chi connectivity index (χ2n) is 8.39. The number of hydrogen-bond donors (Lipinski definition) is 0. The second kappa shape index (κ2) is 9.12. The summed E-state index contributed by atoms with van der Waals surface area (Å²) >= 11 is 12.9. The van der Waals surface area contributed by atoms with E-state index in [0.717, 1.165) is 42.8 Å². The van der Waals surface area contributed by atoms with Crippen LogP contribution in [0.1, 0.15) is 36.4 Å². The van der Waals surface area contributed by atoms with E-state index in [4.69, 9.17) is 37.8 Å². The molecule has 0 aromatic heterocycles. The van der Waals surface area contributed by atoms with E-state index in [1.807, 2.05) is 48.5 Å². The molecule has 2 aromatic rings. The molecule has 3 aliphatic rings. The predicted octanol–water partition coefficient (Wildman–Crippen LogP) is 4.51. The second-order valence-corrected chi connectivity index (χ2v) is 9.20. The Balaban J connectivity index is 1.36. The summed E-state index contributed by atoms with van der Waals surface area (Å²) in [5, 5.41) is 7.57. The van der Waals surface area contributed by atoms with Gasteiger partial charge in [-0.3, -0.25) is 9.69 Å². The smallest absolute Gasteiger partial charge is 0.257 e. The van der Waals surface area contributed by atoms with E-state index < -0.39 is 5.79 Å². The molecule has 32 heavy (non-hydrogen) atoms. The lowest BCUT2D eigenvalue weighted by atomic mass is 9.98. The van der Waals surface area contributed by atoms with E-state index in [-0.39, 0.29) is 18.5 Å². The van der Waals surface area contributed by atoms with Crippen molar-refractivity contribution < 1.29 is 14.3 Å². The minimum absolute atomic E-state index is 0.0545. The Labute approximate surface area is 197 Å². The number of likely N-dealkylation sites (tertiary alicyclic amines) is 1. The van der Waals surface area contributed by atoms with Gasteiger partial charge in [0, 0.05) is 48.0 Å². The van der Waals surface area contributed by atoms with E-state index >= 15 is 0 Å². The molecule has 0 radical (unpaired) electrons. The molecule has 0 aliphatic carbocycles. The summed E-state index contributed by atoms with van der Waals surface area (Å²) in [4.78, 5) is 15.6. The number of rotatable bonds is 4. The lowest BCUT2D eigenvalue weighted by Gasteiger charge is -2.37. The molecular weight excluding hydrogens is 449 g/mol. The molecule has 1 atom stereocenters. The van der Waals surface area contributed by atoms with Gasteiger partial charge in [-0.25, -0.2) is 5.01 Å². The first kappa shape index (κ1) is 21.9. The first-order chi connectivity index (χ1) is 15.5. The summed E-state index contributed by atoms with van der Waals surface area (Å²) in [6, 6.07) is 14.9. The van der Waals surface area contributed by atoms with E-state index in [1.54, 1.807) is 5.01 Å². The average Bonchev–Trinajstić information content (AvgIpc) is 3.44. The summed E-state index contributed by atoms with van der Waals surface area (Å²) in [5.74, 6) is -0.510. The van der Waals surface area contributed by atoms with Gasteiger partial charge in [0.2, 0.25) is 0 Å². The third-order valence-electron chi connectivity index (χ3n) is 6.41. The minimum Gasteiger partial charge on any atom is -0.347 e. The maximum Gasteiger partial charge on any atom is 0.257 e. The molecule has 168 valence electrons. The van der Waals surface area contributed by atoms with Gasteiger partial charge in [-0.05, 0) is 17.7 Å². The third-order valence-corrected chi connectivity index (χ3v) is 7.08. The molecule has 2 fully saturated rings. The van der Waals surface area contributed by atoms with Crippen LogP contribution in [0.3, 0.4) is 0 Å². The average molecular weight is 474 g/mol. The van der Waals surface area contributed by atoms with Crippen LogP contribution in [0.5, 0.6) is 0 Å². The van der Waals surface area contributed by atoms with Crippen LogP contribution in [-0.2, 0) is 14.3 Å². The molecule has 6 nitrogen and oxygen atoms in total. The molecule has 8 heteroatoms. The fourth-order valence-electron chi connectivity index (χ4n) is 4.69. The predicted molar refractivity (Wildman–Crippen MR) is 124 cm³/mol. The van der Waals surface area contributed by atoms with Crippen molar-refractivity contribution in [2.24, 2.45) is 5.10 Å². The number of ether oxygens (including phenoxy) is 2. The number of hydrazone groups is 1. The van der Waals surface area contributed by atoms with Gasteiger partial charge < -0.3 is 9.47 Å². The summed E-state index contributed by atoms with van der Waals surface area (Å²) in [7, 11) is 0. The molecule has 5 rings (SSSR count). The van der Waals surface area contributed by atoms with Gasteiger partial charge in [0.25, 0.3) is 5.91 Å². The summed E-state index contributed by atoms with van der Waals surface area (Å²) < 4.78 is 11.6. The van der Waals surface area contributed by atoms with Crippen molar-refractivity contribution in [3.8, 4) is 0 Å². The Morgan fingerprint density at radius 2 is 1.66 bits per heavy atom. The van der Waals surface area contributed by atoms with Crippen LogP contribution in [0.25, 0.3) is 0 Å². The zero-order valence-electron chi connectivity index (χ0n) is 17.7. The Morgan fingerprint density at radius 1 is 1.00 bits per heavy atom. The fraction of sp³-hybridized carbons (Fsp3) is 0.417. The third kappa shape index (κ3) is 4.30. The number of carbonyl (C=O) groups is 1. The first-order valence-corrected chi connectivity index (χ1v) is 11.7. The van der Waals surface area contributed by atoms with Crippen LogP contribution >= 0.6 is 23.2 Å². The molecule has 0 bridgehead atoms. The van der Waals surface area contributed by atoms with Crippen molar-refractivity contribution >= 4 is 34.8 Å². The van der Waals surface area contributed by atoms with Crippen molar-refractivity contribution in [3.63, 3.8) is 0 Å². The minimum atomic E-state index is -0.456. The number of nitrogens with zero attached hydrogens (tertiary/aromatic N) is 3. The molecule has 2 saturated heterocycles. The van der Waals surface area contributed by atoms with Gasteiger partial charge in [-0.2, -0.15) is 5.10 Å². The summed E-state index contributed by atoms with van der Waals surface area (Å²) in [6.45, 7) is 3.07. The van der Waals surface area contributed by atoms with Crippen molar-refractivity contribution in [2.75, 3.05) is 32.8 Å². The molecule has 2 aromatic carbocycles. The van der Waals surface area contributed by atoms with Crippen LogP contribution in [0.15, 0.2) is 53.6 Å². The van der Waals surface area contributed by atoms with Crippen LogP contribution in [-0.4, -0.2) is 60.2 Å². The monoisotopic (exact) mass is 473 g/mol. The number of amides is 1. The van der Waals surface area contributed by atoms with E-state index in [9.17, 15) is 4.79 Å². The van der Waals surface area contributed by atoms with Gasteiger partial charge in [0.1, 0.15) is 0 Å². The van der Waals surface area contributed by atoms with E-state index in [2.05, 4.69) is 4.90 Å². The normalized spacial score (nSPS) is 23.0. The maximum absolute atomic E-state index is 13.4. The molecular formula is C24H25Cl2N3O3. The number of carbonyl (C=O) groups excluding carboxylic acids is 1. The van der Waals surface area contributed by atoms with Crippen molar-refractivity contribution in [1.82, 2.24) is 9.91 Å². The van der Waals surface area contributed by atoms with Crippen LogP contribution < -0.4 is 0 Å². The molecule has 1 amide bonds. The fourth-order valence-corrected chi connectivity index (χ4v) is 5.19. The lowest BCUT2D eigenvalue weighted by molar-refractivity contribution is -0.186. The highest BCUT2D eigenvalue weighted by Gasteiger charge is 2.41. The Kier molecular flexibility index (Phi) is 6.23. The Bertz CT molecular complexity index is 1030. The Morgan fingerprint density at radius 3 is 2.34 bits per heavy atom. The van der Waals surface area contributed by atoms with Crippen LogP contribution in [0.2, 0.25) is 10.0 Å². The zero-order valence-corrected chi connectivity index (χ0v) is 19.2. The highest BCUT2D eigenvalue weighted by Crippen LogP contribution is 2.38. The van der Waals surface area contributed by atoms with E-state index in [1.165, 1.54) is 0 Å². The van der Waals surface area contributed by atoms with Crippen molar-refractivity contribution in [1.29, 1.82) is 0 Å². The van der Waals surface area contributed by atoms with Crippen LogP contribution in [0.4, 0.5) is 0 Å². The standard InChI is InChI=1S/C24H25Cl2N3O3/c25-19-7-3-1-5-17(19)21-15-22(18-6-2-4-8-20(18)26)29(27-21)23(30)16-28-11-9-24(10-12-28)31-13-14-32-24/h1-8,22H,9-16H2/t22-/m0/s1. The van der Waals surface area contributed by atoms with Gasteiger partial charge in [-0.1, -0.05) is 59.6 Å². The number of hydrogen-bond acceptors (Lipinski definition) is 5. The molecule has 0 saturated carbocycles. The van der Waals surface area contributed by atoms with Crippen molar-refractivity contribution in [2.45, 2.75) is 31.1 Å². The largest absolute Gasteiger partial charge is 0.347 e. The van der Waals surface area contributed by atoms with Gasteiger partial charge in [0.05, 0.1) is 31.5 Å². The molecule has 0 N–H and O–H groups in total. The van der Waals surface area contributed by atoms with Crippen LogP contribution in [0, 0.1) is 0 Å². The lowest BCUT2D eigenvalue weighted by Crippen LogP contribution is -2.48. The SMILES string of the molecule is O=C(CN1CCC2(CC1)OCCO2)N1N=C(c2ccccc2Cl)C[C@H]1c1ccccc1Cl.